The summed E-state index contributed by atoms with van der Waals surface area (Å²) in [6.45, 7) is 29.8. The minimum Gasteiger partial charge on any atom is -0.277 e. The number of carbonyl (C=O) groups is 18. The molecule has 2 aromatic rings. The van der Waals surface area contributed by atoms with Gasteiger partial charge in [-0.25, -0.2) is 28.8 Å². The first kappa shape index (κ1) is 82.8. The van der Waals surface area contributed by atoms with Gasteiger partial charge in [-0.3, -0.25) is 121 Å². The summed E-state index contributed by atoms with van der Waals surface area (Å²) in [5.74, 6) is -6.14. The van der Waals surface area contributed by atoms with Crippen molar-refractivity contribution in [2.75, 3.05) is 0 Å². The molecule has 30 heteroatoms. The van der Waals surface area contributed by atoms with E-state index >= 15 is 0 Å². The summed E-state index contributed by atoms with van der Waals surface area (Å²) in [5.41, 5.74) is -6.07. The van der Waals surface area contributed by atoms with Crippen LogP contribution < -0.4 is 63.8 Å². The largest absolute Gasteiger partial charge is 0.328 e. The van der Waals surface area contributed by atoms with Gasteiger partial charge in [-0.05, 0) is 99.0 Å². The molecule has 0 bridgehead atoms. The molecule has 0 aliphatic carbocycles. The van der Waals surface area contributed by atoms with E-state index in [1.807, 2.05) is 55.4 Å². The third-order valence-electron chi connectivity index (χ3n) is 19.0. The fourth-order valence-corrected chi connectivity index (χ4v) is 12.7. The molecule has 0 spiro atoms. The van der Waals surface area contributed by atoms with Gasteiger partial charge >= 0.3 is 36.2 Å². The van der Waals surface area contributed by atoms with Crippen LogP contribution in [0.15, 0.2) is 86.0 Å². The molecular weight excluding hydrogens is 1280 g/mol. The van der Waals surface area contributed by atoms with Gasteiger partial charge in [-0.15, -0.1) is 13.2 Å². The average Bonchev–Trinajstić information content (AvgIpc) is 0.692. The third-order valence-corrected chi connectivity index (χ3v) is 19.0. The number of barbiturate groups is 6. The number of hydrogen-bond acceptors (Lipinski definition) is 18. The van der Waals surface area contributed by atoms with Crippen LogP contribution in [0, 0.1) is 45.3 Å². The number of nitrogens with one attached hydrogen (secondary N) is 12. The first-order chi connectivity index (χ1) is 46.6. The fraction of sp³-hybridized carbons (Fsp3) is 0.507. The zero-order valence-corrected chi connectivity index (χ0v) is 58.2. The maximum atomic E-state index is 12.1. The first-order valence-corrected chi connectivity index (χ1v) is 32.9. The van der Waals surface area contributed by atoms with Gasteiger partial charge in [0.25, 0.3) is 0 Å². The second-order valence-electron chi connectivity index (χ2n) is 25.0. The normalized spacial score (nSPS) is 19.9. The maximum absolute atomic E-state index is 12.1. The molecule has 538 valence electrons. The van der Waals surface area contributed by atoms with Gasteiger partial charge in [0.15, 0.2) is 10.8 Å². The van der Waals surface area contributed by atoms with Gasteiger partial charge in [0.2, 0.25) is 70.9 Å². The number of amides is 24. The third kappa shape index (κ3) is 17.8. The van der Waals surface area contributed by atoms with Crippen LogP contribution in [0.1, 0.15) is 178 Å². The van der Waals surface area contributed by atoms with Crippen molar-refractivity contribution < 1.29 is 86.3 Å². The Labute approximate surface area is 574 Å². The van der Waals surface area contributed by atoms with E-state index in [1.54, 1.807) is 94.4 Å². The number of rotatable bonds is 21. The highest BCUT2D eigenvalue weighted by Crippen LogP contribution is 2.40. The Hall–Kier alpha value is -10.4. The molecule has 6 aliphatic rings. The summed E-state index contributed by atoms with van der Waals surface area (Å²) in [5, 5.41) is 25.9. The number of urea groups is 6. The Balaban J connectivity index is 0.000000309. The van der Waals surface area contributed by atoms with Crippen molar-refractivity contribution in [2.24, 2.45) is 45.3 Å². The SMILES string of the molecule is C=CCC1(C(C)CCC)C(=O)NC(=O)NC1=O.C=CCC1(c2ccccc2)C(=O)NC(=O)NC1=O.CCC(C)C1(CC)C(=O)NC(=O)NC1=O.CCC1(CCC(C)C)C(=O)NC(=O)NC1=O.CCC1(c2ccccc2)C(=O)NC(=O)NC1=O.CCCC(C)C1(CC)C(=O)NC(=O)NC1=O. The summed E-state index contributed by atoms with van der Waals surface area (Å²) in [4.78, 5) is 209. The molecule has 12 N–H and O–H groups in total. The lowest BCUT2D eigenvalue weighted by molar-refractivity contribution is -0.150. The molecule has 2 aromatic carbocycles. The van der Waals surface area contributed by atoms with Crippen LogP contribution in [0.4, 0.5) is 28.8 Å². The second kappa shape index (κ2) is 36.2. The molecule has 30 nitrogen and oxygen atoms in total. The van der Waals surface area contributed by atoms with Gasteiger partial charge in [0, 0.05) is 0 Å². The molecule has 3 unspecified atom stereocenters. The first-order valence-electron chi connectivity index (χ1n) is 32.9. The Morgan fingerprint density at radius 2 is 0.606 bits per heavy atom. The van der Waals surface area contributed by atoms with E-state index in [9.17, 15) is 86.3 Å². The highest BCUT2D eigenvalue weighted by molar-refractivity contribution is 6.25. The van der Waals surface area contributed by atoms with E-state index in [4.69, 9.17) is 0 Å². The summed E-state index contributed by atoms with van der Waals surface area (Å²) < 4.78 is 0. The van der Waals surface area contributed by atoms with Gasteiger partial charge in [-0.1, -0.05) is 175 Å². The van der Waals surface area contributed by atoms with Gasteiger partial charge in [-0.2, -0.15) is 0 Å². The van der Waals surface area contributed by atoms with E-state index in [0.29, 0.717) is 55.6 Å². The molecular formula is C69H94N12O18. The van der Waals surface area contributed by atoms with E-state index < -0.39 is 140 Å². The smallest absolute Gasteiger partial charge is 0.277 e. The molecule has 6 saturated heterocycles. The molecule has 6 fully saturated rings. The minimum atomic E-state index is -1.42. The minimum absolute atomic E-state index is 0.0735. The van der Waals surface area contributed by atoms with Crippen molar-refractivity contribution in [3.63, 3.8) is 0 Å². The summed E-state index contributed by atoms with van der Waals surface area (Å²) in [6, 6.07) is 12.9. The standard InChI is InChI=1S/C13H12N2O3.C12H12N2O3.C12H18N2O3.2C11H18N2O3.C10H16N2O3/c1-2-8-13(9-6-4-3-5-7-9)10(16)14-12(18)15-11(13)17;1-2-12(8-6-4-3-5-7-8)9(15)13-11(17)14-10(12)16;1-4-6-8(3)12(7-5-2)9(15)13-11(17)14-10(12)16;1-4-11(6-5-7(2)3)8(14)12-10(16)13-9(11)15;1-4-6-7(3)11(5-2)8(14)12-10(16)13-9(11)15;1-4-6(3)10(5-2)7(13)11-9(15)12-8(10)14/h2-7H,1,8H2,(H2,14,15,16,17,18);3-7H,2H2,1H3,(H2,13,14,15,16,17);5,8H,2,4,6-7H2,1,3H3,(H2,13,14,15,16,17);2*7H,4-6H2,1-3H3,(H2,12,13,14,15,16);6H,4-5H2,1-3H3,(H2,11,12,13,14,15). The monoisotopic (exact) mass is 1380 g/mol. The average molecular weight is 1380 g/mol. The molecule has 8 rings (SSSR count). The van der Waals surface area contributed by atoms with Crippen molar-refractivity contribution in [3.05, 3.63) is 97.1 Å². The summed E-state index contributed by atoms with van der Waals surface area (Å²) in [6.07, 6.45) is 10.2. The molecule has 99 heavy (non-hydrogen) atoms. The van der Waals surface area contributed by atoms with Gasteiger partial charge in [0.05, 0.1) is 0 Å². The molecule has 24 amide bonds. The summed E-state index contributed by atoms with van der Waals surface area (Å²) >= 11 is 0. The van der Waals surface area contributed by atoms with Crippen LogP contribution in [0.5, 0.6) is 0 Å². The number of imide groups is 12. The highest BCUT2D eigenvalue weighted by Gasteiger charge is 2.56. The number of carbonyl (C=O) groups excluding carboxylic acids is 18. The number of benzene rings is 2. The van der Waals surface area contributed by atoms with Crippen LogP contribution in [-0.4, -0.2) is 107 Å². The zero-order valence-electron chi connectivity index (χ0n) is 58.2. The van der Waals surface area contributed by atoms with Gasteiger partial charge in [0.1, 0.15) is 21.7 Å². The Morgan fingerprint density at radius 1 is 0.323 bits per heavy atom. The second-order valence-corrected chi connectivity index (χ2v) is 25.0. The molecule has 6 aliphatic heterocycles. The van der Waals surface area contributed by atoms with Crippen molar-refractivity contribution in [3.8, 4) is 0 Å². The van der Waals surface area contributed by atoms with E-state index in [-0.39, 0.29) is 30.6 Å². The Morgan fingerprint density at radius 3 is 0.889 bits per heavy atom. The molecule has 0 aromatic heterocycles. The summed E-state index contributed by atoms with van der Waals surface area (Å²) in [7, 11) is 0. The van der Waals surface area contributed by atoms with Gasteiger partial charge < -0.3 is 0 Å². The predicted octanol–water partition coefficient (Wildman–Crippen LogP) is 6.08. The van der Waals surface area contributed by atoms with Crippen LogP contribution in [-0.2, 0) is 68.4 Å². The Bertz CT molecular complexity index is 3360. The quantitative estimate of drug-likeness (QED) is 0.0497. The van der Waals surface area contributed by atoms with E-state index in [2.05, 4.69) is 77.0 Å². The molecule has 6 heterocycles. The van der Waals surface area contributed by atoms with Crippen molar-refractivity contribution >= 4 is 107 Å². The molecule has 0 radical (unpaired) electrons. The van der Waals surface area contributed by atoms with Crippen LogP contribution in [0.2, 0.25) is 0 Å². The van der Waals surface area contributed by atoms with Crippen molar-refractivity contribution in [1.82, 2.24) is 63.8 Å². The predicted molar refractivity (Wildman–Crippen MR) is 359 cm³/mol. The molecule has 0 saturated carbocycles. The lowest BCUT2D eigenvalue weighted by atomic mass is 9.69. The van der Waals surface area contributed by atoms with Crippen LogP contribution >= 0.6 is 0 Å². The van der Waals surface area contributed by atoms with E-state index in [0.717, 1.165) is 32.1 Å². The zero-order chi connectivity index (χ0) is 75.0. The highest BCUT2D eigenvalue weighted by atomic mass is 16.2. The molecule has 3 atom stereocenters. The van der Waals surface area contributed by atoms with Crippen molar-refractivity contribution in [1.29, 1.82) is 0 Å². The maximum Gasteiger partial charge on any atom is 0.328 e. The lowest BCUT2D eigenvalue weighted by Gasteiger charge is -2.37. The van der Waals surface area contributed by atoms with E-state index in [1.165, 1.54) is 6.08 Å². The topological polar surface area (TPSA) is 452 Å². The van der Waals surface area contributed by atoms with Crippen LogP contribution in [0.3, 0.4) is 0 Å². The lowest BCUT2D eigenvalue weighted by Crippen LogP contribution is -2.64. The number of allylic oxidation sites excluding steroid dienone is 2. The Kier molecular flexibility index (Phi) is 30.3. The van der Waals surface area contributed by atoms with Crippen LogP contribution in [0.25, 0.3) is 0 Å². The fourth-order valence-electron chi connectivity index (χ4n) is 12.7. The number of hydrogen-bond donors (Lipinski definition) is 12. The van der Waals surface area contributed by atoms with Crippen molar-refractivity contribution in [2.45, 2.75) is 177 Å².